The van der Waals surface area contributed by atoms with Gasteiger partial charge in [0, 0.05) is 30.2 Å². The third-order valence-electron chi connectivity index (χ3n) is 3.85. The van der Waals surface area contributed by atoms with Crippen LogP contribution in [0.1, 0.15) is 53.4 Å². The Morgan fingerprint density at radius 1 is 0.619 bits per heavy atom. The van der Waals surface area contributed by atoms with E-state index in [0.717, 1.165) is 38.8 Å². The maximum absolute atomic E-state index is 9.76. The summed E-state index contributed by atoms with van der Waals surface area (Å²) < 4.78 is 0. The number of aliphatic hydroxyl groups is 2. The predicted molar refractivity (Wildman–Crippen MR) is 88.2 cm³/mol. The molecule has 21 heavy (non-hydrogen) atoms. The summed E-state index contributed by atoms with van der Waals surface area (Å²) in [5.74, 6) is 0. The van der Waals surface area contributed by atoms with Gasteiger partial charge in [0.1, 0.15) is 0 Å². The van der Waals surface area contributed by atoms with Gasteiger partial charge in [0.2, 0.25) is 0 Å². The normalized spacial score (nSPS) is 12.0. The molecule has 0 fully saturated rings. The predicted octanol–water partition coefficient (Wildman–Crippen LogP) is 2.20. The van der Waals surface area contributed by atoms with E-state index in [1.807, 2.05) is 65.7 Å². The summed E-state index contributed by atoms with van der Waals surface area (Å²) in [6.45, 7) is 9.61. The fraction of sp³-hybridized carbons (Fsp3) is 1.00. The summed E-state index contributed by atoms with van der Waals surface area (Å²) >= 11 is 0. The standard InChI is InChI=1S/2C8H19NO.Cu/c2*1-5-8(10,6-2)7-9(3)4;/h2*10H,5-7H2,1-4H3;. The topological polar surface area (TPSA) is 46.9 Å². The summed E-state index contributed by atoms with van der Waals surface area (Å²) in [5, 5.41) is 19.5. The van der Waals surface area contributed by atoms with E-state index in [2.05, 4.69) is 0 Å². The van der Waals surface area contributed by atoms with Gasteiger partial charge in [-0.1, -0.05) is 27.7 Å². The Kier molecular flexibility index (Phi) is 16.1. The SMILES string of the molecule is CCC(O)(CC)CN(C)C.CCC(O)(CC)CN(C)C.[Cu]. The maximum Gasteiger partial charge on any atom is 0.0768 e. The van der Waals surface area contributed by atoms with Gasteiger partial charge >= 0.3 is 0 Å². The average molecular weight is 354 g/mol. The smallest absolute Gasteiger partial charge is 0.0768 e. The third kappa shape index (κ3) is 13.7. The Hall–Kier alpha value is 0.359. The first-order valence-electron chi connectivity index (χ1n) is 7.82. The van der Waals surface area contributed by atoms with Crippen LogP contribution in [0.2, 0.25) is 0 Å². The van der Waals surface area contributed by atoms with Crippen molar-refractivity contribution in [3.63, 3.8) is 0 Å². The van der Waals surface area contributed by atoms with Crippen molar-refractivity contribution in [2.45, 2.75) is 64.6 Å². The van der Waals surface area contributed by atoms with Gasteiger partial charge in [-0.05, 0) is 53.9 Å². The van der Waals surface area contributed by atoms with Crippen molar-refractivity contribution in [1.82, 2.24) is 9.80 Å². The van der Waals surface area contributed by atoms with E-state index in [4.69, 9.17) is 0 Å². The maximum atomic E-state index is 9.76. The van der Waals surface area contributed by atoms with Gasteiger partial charge < -0.3 is 20.0 Å². The van der Waals surface area contributed by atoms with Gasteiger partial charge in [0.15, 0.2) is 0 Å². The Bertz CT molecular complexity index is 204. The van der Waals surface area contributed by atoms with Crippen LogP contribution in [0.4, 0.5) is 0 Å². The molecule has 0 aromatic rings. The molecule has 4 nitrogen and oxygen atoms in total. The second kappa shape index (κ2) is 12.9. The first-order chi connectivity index (χ1) is 9.08. The molecule has 0 rings (SSSR count). The molecule has 0 aliphatic carbocycles. The van der Waals surface area contributed by atoms with Gasteiger partial charge in [0.05, 0.1) is 11.2 Å². The molecule has 0 aromatic heterocycles. The zero-order valence-electron chi connectivity index (χ0n) is 15.3. The first-order valence-corrected chi connectivity index (χ1v) is 7.82. The molecule has 0 saturated heterocycles. The second-order valence-electron chi connectivity index (χ2n) is 6.34. The summed E-state index contributed by atoms with van der Waals surface area (Å²) in [6, 6.07) is 0. The summed E-state index contributed by atoms with van der Waals surface area (Å²) in [4.78, 5) is 4.04. The molecule has 0 aromatic carbocycles. The van der Waals surface area contributed by atoms with E-state index in [-0.39, 0.29) is 17.1 Å². The number of hydrogen-bond acceptors (Lipinski definition) is 4. The van der Waals surface area contributed by atoms with Crippen molar-refractivity contribution < 1.29 is 27.3 Å². The van der Waals surface area contributed by atoms with Crippen LogP contribution in [-0.4, -0.2) is 72.5 Å². The largest absolute Gasteiger partial charge is 0.389 e. The summed E-state index contributed by atoms with van der Waals surface area (Å²) in [5.41, 5.74) is -0.937. The number of hydrogen-bond donors (Lipinski definition) is 2. The third-order valence-corrected chi connectivity index (χ3v) is 3.85. The summed E-state index contributed by atoms with van der Waals surface area (Å²) in [7, 11) is 7.93. The van der Waals surface area contributed by atoms with Crippen molar-refractivity contribution >= 4 is 0 Å². The van der Waals surface area contributed by atoms with Crippen LogP contribution in [0.5, 0.6) is 0 Å². The quantitative estimate of drug-likeness (QED) is 0.657. The molecule has 135 valence electrons. The van der Waals surface area contributed by atoms with Crippen molar-refractivity contribution in [2.75, 3.05) is 41.3 Å². The van der Waals surface area contributed by atoms with Gasteiger partial charge in [-0.25, -0.2) is 0 Å². The first kappa shape index (κ1) is 26.3. The van der Waals surface area contributed by atoms with Crippen molar-refractivity contribution in [2.24, 2.45) is 0 Å². The Morgan fingerprint density at radius 2 is 0.810 bits per heavy atom. The molecule has 0 aliphatic rings. The molecule has 0 atom stereocenters. The van der Waals surface area contributed by atoms with Gasteiger partial charge in [-0.2, -0.15) is 0 Å². The minimum absolute atomic E-state index is 0. The molecule has 0 bridgehead atoms. The van der Waals surface area contributed by atoms with Crippen molar-refractivity contribution in [1.29, 1.82) is 0 Å². The number of rotatable bonds is 8. The van der Waals surface area contributed by atoms with E-state index < -0.39 is 11.2 Å². The van der Waals surface area contributed by atoms with Crippen LogP contribution in [0.3, 0.4) is 0 Å². The van der Waals surface area contributed by atoms with Gasteiger partial charge in [-0.15, -0.1) is 0 Å². The molecule has 0 amide bonds. The fourth-order valence-corrected chi connectivity index (χ4v) is 2.12. The molecule has 1 radical (unpaired) electrons. The zero-order valence-corrected chi connectivity index (χ0v) is 16.3. The molecule has 0 saturated carbocycles. The van der Waals surface area contributed by atoms with Crippen LogP contribution in [0.15, 0.2) is 0 Å². The second-order valence-corrected chi connectivity index (χ2v) is 6.34. The van der Waals surface area contributed by atoms with Crippen LogP contribution in [0, 0.1) is 0 Å². The van der Waals surface area contributed by atoms with E-state index in [1.54, 1.807) is 0 Å². The Balaban J connectivity index is -0.000000295. The molecule has 0 heterocycles. The van der Waals surface area contributed by atoms with E-state index in [1.165, 1.54) is 0 Å². The van der Waals surface area contributed by atoms with Crippen molar-refractivity contribution in [3.8, 4) is 0 Å². The number of likely N-dealkylation sites (N-methyl/N-ethyl adjacent to an activating group) is 2. The monoisotopic (exact) mass is 353 g/mol. The molecule has 0 unspecified atom stereocenters. The van der Waals surface area contributed by atoms with Crippen LogP contribution in [0.25, 0.3) is 0 Å². The van der Waals surface area contributed by atoms with Crippen LogP contribution < -0.4 is 0 Å². The molecule has 2 N–H and O–H groups in total. The van der Waals surface area contributed by atoms with Gasteiger partial charge in [-0.3, -0.25) is 0 Å². The fourth-order valence-electron chi connectivity index (χ4n) is 2.12. The molecule has 5 heteroatoms. The van der Waals surface area contributed by atoms with Gasteiger partial charge in [0.25, 0.3) is 0 Å². The van der Waals surface area contributed by atoms with Crippen LogP contribution >= 0.6 is 0 Å². The minimum atomic E-state index is -0.469. The van der Waals surface area contributed by atoms with E-state index in [0.29, 0.717) is 0 Å². The van der Waals surface area contributed by atoms with E-state index in [9.17, 15) is 10.2 Å². The zero-order chi connectivity index (χ0) is 16.4. The molecular formula is C16H38CuN2O2. The van der Waals surface area contributed by atoms with Crippen molar-refractivity contribution in [3.05, 3.63) is 0 Å². The minimum Gasteiger partial charge on any atom is -0.389 e. The summed E-state index contributed by atoms with van der Waals surface area (Å²) in [6.07, 6.45) is 3.34. The Morgan fingerprint density at radius 3 is 0.857 bits per heavy atom. The van der Waals surface area contributed by atoms with Crippen LogP contribution in [-0.2, 0) is 17.1 Å². The Labute approximate surface area is 143 Å². The number of nitrogens with zero attached hydrogens (tertiary/aromatic N) is 2. The average Bonchev–Trinajstić information content (AvgIpc) is 2.37. The molecular weight excluding hydrogens is 316 g/mol. The molecule has 0 spiro atoms. The molecule has 0 aliphatic heterocycles. The van der Waals surface area contributed by atoms with E-state index >= 15 is 0 Å².